The van der Waals surface area contributed by atoms with E-state index in [1.54, 1.807) is 12.1 Å². The van der Waals surface area contributed by atoms with E-state index in [0.717, 1.165) is 6.07 Å². The van der Waals surface area contributed by atoms with E-state index in [2.05, 4.69) is 10.2 Å². The molecule has 26 heavy (non-hydrogen) atoms. The molecule has 2 aromatic carbocycles. The Kier molecular flexibility index (Phi) is 2.81. The maximum absolute atomic E-state index is 15.1. The smallest absolute Gasteiger partial charge is 0.319 e. The highest BCUT2D eigenvalue weighted by Gasteiger charge is 2.51. The van der Waals surface area contributed by atoms with Gasteiger partial charge in [-0.3, -0.25) is 5.10 Å². The first-order chi connectivity index (χ1) is 12.5. The lowest BCUT2D eigenvalue weighted by Crippen LogP contribution is -2.20. The van der Waals surface area contributed by atoms with Crippen LogP contribution in [0.1, 0.15) is 11.3 Å². The number of phenolic OH excluding ortho intramolecular Hbond substituents is 2. The van der Waals surface area contributed by atoms with Crippen LogP contribution in [0.5, 0.6) is 23.0 Å². The molecule has 1 aromatic heterocycles. The molecule has 6 nitrogen and oxygen atoms in total. The number of H-pyrrole nitrogens is 1. The number of ether oxygens (including phenoxy) is 2. The lowest BCUT2D eigenvalue weighted by molar-refractivity contribution is 0.0370. The Morgan fingerprint density at radius 2 is 1.81 bits per heavy atom. The number of nitrogens with one attached hydrogen (secondary N) is 1. The summed E-state index contributed by atoms with van der Waals surface area (Å²) >= 11 is 0. The molecule has 8 heteroatoms. The van der Waals surface area contributed by atoms with Crippen molar-refractivity contribution in [3.63, 3.8) is 0 Å². The molecule has 0 fully saturated rings. The Morgan fingerprint density at radius 1 is 1.04 bits per heavy atom. The summed E-state index contributed by atoms with van der Waals surface area (Å²) in [6.45, 7) is 0.494. The number of halogens is 2. The highest BCUT2D eigenvalue weighted by molar-refractivity contribution is 5.92. The van der Waals surface area contributed by atoms with Crippen molar-refractivity contribution in [2.45, 2.75) is 5.92 Å². The van der Waals surface area contributed by atoms with Crippen LogP contribution in [0.2, 0.25) is 0 Å². The average molecular weight is 358 g/mol. The number of benzene rings is 2. The third kappa shape index (κ3) is 1.81. The predicted molar refractivity (Wildman–Crippen MR) is 86.8 cm³/mol. The minimum absolute atomic E-state index is 0.0317. The first kappa shape index (κ1) is 15.0. The molecule has 0 bridgehead atoms. The Bertz CT molecular complexity index is 1060. The summed E-state index contributed by atoms with van der Waals surface area (Å²) in [6, 6.07) is 7.04. The van der Waals surface area contributed by atoms with Crippen molar-refractivity contribution in [1.29, 1.82) is 0 Å². The zero-order valence-electron chi connectivity index (χ0n) is 13.2. The zero-order valence-corrected chi connectivity index (χ0v) is 13.2. The van der Waals surface area contributed by atoms with Crippen molar-refractivity contribution in [1.82, 2.24) is 10.2 Å². The van der Waals surface area contributed by atoms with Crippen LogP contribution in [-0.4, -0.2) is 33.6 Å². The zero-order chi connectivity index (χ0) is 18.1. The van der Waals surface area contributed by atoms with Gasteiger partial charge in [0.2, 0.25) is 0 Å². The molecule has 0 spiro atoms. The van der Waals surface area contributed by atoms with Gasteiger partial charge in [-0.25, -0.2) is 0 Å². The SMILES string of the molecule is Oc1ccc(-c2n[nH]c3c2-c2ccc4c(c2C3(F)F)OCCO4)c(O)c1. The molecule has 0 radical (unpaired) electrons. The second-order valence-electron chi connectivity index (χ2n) is 6.11. The number of aromatic nitrogens is 2. The van der Waals surface area contributed by atoms with Gasteiger partial charge in [0.15, 0.2) is 11.5 Å². The maximum atomic E-state index is 15.1. The van der Waals surface area contributed by atoms with Crippen LogP contribution in [0.3, 0.4) is 0 Å². The number of nitrogens with zero attached hydrogens (tertiary/aromatic N) is 1. The fraction of sp³-hybridized carbons (Fsp3) is 0.167. The molecule has 0 amide bonds. The molecular formula is C18H12F2N2O4. The van der Waals surface area contributed by atoms with Crippen LogP contribution in [0.25, 0.3) is 22.4 Å². The highest BCUT2D eigenvalue weighted by Crippen LogP contribution is 2.58. The minimum atomic E-state index is -3.34. The molecule has 1 aliphatic carbocycles. The summed E-state index contributed by atoms with van der Waals surface area (Å²) < 4.78 is 41.1. The van der Waals surface area contributed by atoms with Crippen LogP contribution in [0.4, 0.5) is 8.78 Å². The molecule has 0 saturated heterocycles. The van der Waals surface area contributed by atoms with Gasteiger partial charge in [0.25, 0.3) is 0 Å². The van der Waals surface area contributed by atoms with Gasteiger partial charge in [-0.05, 0) is 29.8 Å². The summed E-state index contributed by atoms with van der Waals surface area (Å²) in [5.41, 5.74) is 0.246. The number of hydrogen-bond acceptors (Lipinski definition) is 5. The fourth-order valence-electron chi connectivity index (χ4n) is 3.51. The molecule has 0 saturated carbocycles. The van der Waals surface area contributed by atoms with Crippen LogP contribution < -0.4 is 9.47 Å². The number of aromatic hydroxyl groups is 2. The summed E-state index contributed by atoms with van der Waals surface area (Å²) in [4.78, 5) is 0. The third-order valence-corrected chi connectivity index (χ3v) is 4.61. The maximum Gasteiger partial charge on any atom is 0.319 e. The Hall–Kier alpha value is -3.29. The predicted octanol–water partition coefficient (Wildman–Crippen LogP) is 3.38. The Morgan fingerprint density at radius 3 is 2.62 bits per heavy atom. The van der Waals surface area contributed by atoms with Crippen molar-refractivity contribution < 1.29 is 28.5 Å². The quantitative estimate of drug-likeness (QED) is 0.621. The molecule has 0 atom stereocenters. The molecule has 2 aliphatic rings. The standard InChI is InChI=1S/C18H12F2N2O4/c19-18(20)14-10(3-4-12-16(14)26-6-5-25-12)13-15(21-22-17(13)18)9-2-1-8(23)7-11(9)24/h1-4,7,23-24H,5-6H2,(H,21,22). The largest absolute Gasteiger partial charge is 0.508 e. The van der Waals surface area contributed by atoms with E-state index in [9.17, 15) is 10.2 Å². The van der Waals surface area contributed by atoms with Crippen molar-refractivity contribution in [3.8, 4) is 45.4 Å². The molecule has 3 aromatic rings. The lowest BCUT2D eigenvalue weighted by atomic mass is 10.00. The van der Waals surface area contributed by atoms with Gasteiger partial charge >= 0.3 is 5.92 Å². The first-order valence-corrected chi connectivity index (χ1v) is 7.91. The fourth-order valence-corrected chi connectivity index (χ4v) is 3.51. The van der Waals surface area contributed by atoms with Crippen molar-refractivity contribution >= 4 is 0 Å². The molecule has 132 valence electrons. The summed E-state index contributed by atoms with van der Waals surface area (Å²) in [5, 5.41) is 26.0. The topological polar surface area (TPSA) is 87.6 Å². The Balaban J connectivity index is 1.79. The van der Waals surface area contributed by atoms with Gasteiger partial charge in [-0.15, -0.1) is 0 Å². The van der Waals surface area contributed by atoms with Gasteiger partial charge in [-0.2, -0.15) is 13.9 Å². The third-order valence-electron chi connectivity index (χ3n) is 4.61. The van der Waals surface area contributed by atoms with Gasteiger partial charge in [0, 0.05) is 17.2 Å². The molecule has 1 aliphatic heterocycles. The normalized spacial score (nSPS) is 16.2. The molecule has 3 N–H and O–H groups in total. The number of hydrogen-bond donors (Lipinski definition) is 3. The summed E-state index contributed by atoms with van der Waals surface area (Å²) in [6.07, 6.45) is 0. The second kappa shape index (κ2) is 4.87. The Labute approximate surface area is 145 Å². The van der Waals surface area contributed by atoms with Crippen molar-refractivity contribution in [2.75, 3.05) is 13.2 Å². The second-order valence-corrected chi connectivity index (χ2v) is 6.11. The highest BCUT2D eigenvalue weighted by atomic mass is 19.3. The van der Waals surface area contributed by atoms with E-state index >= 15 is 8.78 Å². The number of alkyl halides is 2. The summed E-state index contributed by atoms with van der Waals surface area (Å²) in [5.74, 6) is -3.42. The van der Waals surface area contributed by atoms with Gasteiger partial charge in [0.05, 0.1) is 5.56 Å². The van der Waals surface area contributed by atoms with E-state index in [-0.39, 0.29) is 63.2 Å². The lowest BCUT2D eigenvalue weighted by Gasteiger charge is -2.23. The molecular weight excluding hydrogens is 346 g/mol. The molecule has 2 heterocycles. The van der Waals surface area contributed by atoms with Crippen molar-refractivity contribution in [2.24, 2.45) is 0 Å². The van der Waals surface area contributed by atoms with E-state index in [1.165, 1.54) is 12.1 Å². The number of fused-ring (bicyclic) bond motifs is 5. The van der Waals surface area contributed by atoms with Crippen LogP contribution in [0.15, 0.2) is 30.3 Å². The average Bonchev–Trinajstić information content (AvgIpc) is 3.14. The minimum Gasteiger partial charge on any atom is -0.508 e. The number of rotatable bonds is 1. The van der Waals surface area contributed by atoms with E-state index in [4.69, 9.17) is 9.47 Å². The van der Waals surface area contributed by atoms with E-state index < -0.39 is 5.92 Å². The van der Waals surface area contributed by atoms with Crippen LogP contribution >= 0.6 is 0 Å². The van der Waals surface area contributed by atoms with Crippen LogP contribution in [-0.2, 0) is 5.92 Å². The van der Waals surface area contributed by atoms with E-state index in [0.29, 0.717) is 6.61 Å². The first-order valence-electron chi connectivity index (χ1n) is 7.91. The monoisotopic (exact) mass is 358 g/mol. The van der Waals surface area contributed by atoms with Gasteiger partial charge < -0.3 is 19.7 Å². The molecule has 5 rings (SSSR count). The van der Waals surface area contributed by atoms with Gasteiger partial charge in [-0.1, -0.05) is 0 Å². The van der Waals surface area contributed by atoms with Gasteiger partial charge in [0.1, 0.15) is 36.1 Å². The number of aromatic amines is 1. The van der Waals surface area contributed by atoms with Crippen LogP contribution in [0, 0.1) is 0 Å². The van der Waals surface area contributed by atoms with Crippen molar-refractivity contribution in [3.05, 3.63) is 41.6 Å². The van der Waals surface area contributed by atoms with E-state index in [1.807, 2.05) is 0 Å². The molecule has 0 unspecified atom stereocenters. The number of phenols is 2. The summed E-state index contributed by atoms with van der Waals surface area (Å²) in [7, 11) is 0.